The van der Waals surface area contributed by atoms with Crippen molar-refractivity contribution >= 4 is 28.2 Å². The molecule has 0 N–H and O–H groups in total. The normalized spacial score (nSPS) is 11.1. The molecule has 31 heavy (non-hydrogen) atoms. The molecule has 0 atom stereocenters. The highest BCUT2D eigenvalue weighted by molar-refractivity contribution is 6.00. The van der Waals surface area contributed by atoms with Crippen molar-refractivity contribution in [3.8, 4) is 0 Å². The molecule has 0 aliphatic rings. The van der Waals surface area contributed by atoms with Crippen LogP contribution in [0.4, 0.5) is 0 Å². The highest BCUT2D eigenvalue weighted by Gasteiger charge is 2.19. The van der Waals surface area contributed by atoms with Crippen LogP contribution in [-0.4, -0.2) is 26.7 Å². The van der Waals surface area contributed by atoms with E-state index in [-0.39, 0.29) is 12.4 Å². The molecule has 1 aromatic carbocycles. The summed E-state index contributed by atoms with van der Waals surface area (Å²) in [7, 11) is 0. The average Bonchev–Trinajstić information content (AvgIpc) is 3.35. The summed E-state index contributed by atoms with van der Waals surface area (Å²) in [6.07, 6.45) is 5.80. The predicted octanol–water partition coefficient (Wildman–Crippen LogP) is 2.85. The third-order valence-electron chi connectivity index (χ3n) is 4.83. The van der Waals surface area contributed by atoms with Gasteiger partial charge in [-0.15, -0.1) is 0 Å². The number of esters is 1. The molecule has 9 nitrogen and oxygen atoms in total. The number of hydrogen-bond donors (Lipinski definition) is 0. The Hall–Kier alpha value is -3.88. The van der Waals surface area contributed by atoms with Gasteiger partial charge in [-0.1, -0.05) is 6.07 Å². The quantitative estimate of drug-likeness (QED) is 0.420. The molecular weight excluding hydrogens is 402 g/mol. The Bertz CT molecular complexity index is 1360. The van der Waals surface area contributed by atoms with Gasteiger partial charge in [0, 0.05) is 43.1 Å². The Kier molecular flexibility index (Phi) is 5.83. The zero-order valence-corrected chi connectivity index (χ0v) is 16.9. The lowest BCUT2D eigenvalue weighted by atomic mass is 10.1. The molecule has 0 fully saturated rings. The van der Waals surface area contributed by atoms with E-state index in [9.17, 15) is 14.4 Å². The number of benzene rings is 1. The molecule has 2 bridgehead atoms. The molecule has 0 unspecified atom stereocenters. The van der Waals surface area contributed by atoms with Crippen molar-refractivity contribution in [3.05, 3.63) is 75.5 Å². The lowest BCUT2D eigenvalue weighted by molar-refractivity contribution is -0.143. The fraction of sp³-hybridized carbons (Fsp3) is 0.273. The second-order valence-corrected chi connectivity index (χ2v) is 6.90. The summed E-state index contributed by atoms with van der Waals surface area (Å²) in [5.74, 6) is -0.286. The lowest BCUT2D eigenvalue weighted by Crippen LogP contribution is -2.07. The molecule has 0 spiro atoms. The molecule has 9 heteroatoms. The van der Waals surface area contributed by atoms with Crippen molar-refractivity contribution in [2.75, 3.05) is 6.61 Å². The van der Waals surface area contributed by atoms with Gasteiger partial charge in [0.1, 0.15) is 5.58 Å². The van der Waals surface area contributed by atoms with Crippen molar-refractivity contribution in [2.45, 2.75) is 32.9 Å². The van der Waals surface area contributed by atoms with Gasteiger partial charge in [0.05, 0.1) is 30.4 Å². The molecule has 160 valence electrons. The average molecular weight is 423 g/mol. The van der Waals surface area contributed by atoms with Gasteiger partial charge >= 0.3 is 17.2 Å². The minimum atomic E-state index is -0.693. The van der Waals surface area contributed by atoms with Crippen LogP contribution in [0.2, 0.25) is 0 Å². The number of rotatable bonds is 7. The number of aryl methyl sites for hydroxylation is 1. The zero-order valence-electron chi connectivity index (χ0n) is 16.9. The first kappa shape index (κ1) is 20.4. The maximum atomic E-state index is 12.4. The number of carbonyl (C=O) groups excluding carboxylic acids is 1. The fourth-order valence-electron chi connectivity index (χ4n) is 3.58. The van der Waals surface area contributed by atoms with Crippen molar-refractivity contribution < 1.29 is 18.4 Å². The van der Waals surface area contributed by atoms with E-state index in [0.717, 1.165) is 17.6 Å². The second-order valence-electron chi connectivity index (χ2n) is 6.90. The number of fused-ring (bicyclic) bond motifs is 1. The van der Waals surface area contributed by atoms with Gasteiger partial charge in [0.2, 0.25) is 5.71 Å². The smallest absolute Gasteiger partial charge is 0.337 e. The minimum Gasteiger partial charge on any atom is -0.466 e. The van der Waals surface area contributed by atoms with Crippen LogP contribution in [0.1, 0.15) is 25.3 Å². The fourth-order valence-corrected chi connectivity index (χ4v) is 3.58. The number of imidazole rings is 1. The Labute approximate surface area is 176 Å². The first-order chi connectivity index (χ1) is 15.1. The molecule has 3 heterocycles. The van der Waals surface area contributed by atoms with Gasteiger partial charge in [-0.25, -0.2) is 14.6 Å². The molecule has 3 aromatic heterocycles. The zero-order chi connectivity index (χ0) is 21.8. The predicted molar refractivity (Wildman–Crippen MR) is 113 cm³/mol. The maximum Gasteiger partial charge on any atom is 0.337 e. The number of hydrogen-bond acceptors (Lipinski definition) is 7. The Morgan fingerprint density at radius 3 is 2.68 bits per heavy atom. The highest BCUT2D eigenvalue weighted by atomic mass is 16.5. The third-order valence-corrected chi connectivity index (χ3v) is 4.83. The minimum absolute atomic E-state index is 0.229. The van der Waals surface area contributed by atoms with Crippen LogP contribution >= 0.6 is 0 Å². The molecule has 0 amide bonds. The van der Waals surface area contributed by atoms with E-state index in [1.54, 1.807) is 37.8 Å². The number of carbonyl (C=O) groups is 1. The Morgan fingerprint density at radius 1 is 1.13 bits per heavy atom. The standard InChI is InChI=1S/C22H21N3O6/c1-2-29-18(26)7-4-11-25-16-5-3-6-17-21(16)15(13-24-12-10-23-14-24)22(25)31-20(28)9-8-19(27)30-17/h3,5-6,8-10,12,14H,2,4,7,11,13H2,1H3. The van der Waals surface area contributed by atoms with Crippen LogP contribution in [-0.2, 0) is 22.6 Å². The highest BCUT2D eigenvalue weighted by Crippen LogP contribution is 2.31. The van der Waals surface area contributed by atoms with E-state index in [2.05, 4.69) is 4.98 Å². The van der Waals surface area contributed by atoms with Crippen LogP contribution in [0, 0.1) is 0 Å². The van der Waals surface area contributed by atoms with Gasteiger partial charge in [-0.05, 0) is 25.5 Å². The largest absolute Gasteiger partial charge is 0.466 e. The summed E-state index contributed by atoms with van der Waals surface area (Å²) in [6, 6.07) is 7.39. The topological polar surface area (TPSA) is 109 Å². The summed E-state index contributed by atoms with van der Waals surface area (Å²) in [6.45, 7) is 2.84. The first-order valence-corrected chi connectivity index (χ1v) is 9.94. The number of nitrogens with zero attached hydrogens (tertiary/aromatic N) is 3. The van der Waals surface area contributed by atoms with Gasteiger partial charge < -0.3 is 22.7 Å². The number of aromatic nitrogens is 3. The Balaban J connectivity index is 1.95. The molecule has 0 aliphatic carbocycles. The van der Waals surface area contributed by atoms with Crippen LogP contribution in [0.25, 0.3) is 22.2 Å². The van der Waals surface area contributed by atoms with Crippen LogP contribution in [0.15, 0.2) is 67.5 Å². The van der Waals surface area contributed by atoms with Crippen LogP contribution in [0.3, 0.4) is 0 Å². The van der Waals surface area contributed by atoms with Crippen molar-refractivity contribution in [2.24, 2.45) is 0 Å². The SMILES string of the molecule is CCOC(=O)CCCn1c2oc(=O)ccc(=O)oc3cccc1c3c2Cn1ccnc1. The summed E-state index contributed by atoms with van der Waals surface area (Å²) >= 11 is 0. The van der Waals surface area contributed by atoms with E-state index in [1.165, 1.54) is 0 Å². The van der Waals surface area contributed by atoms with Gasteiger partial charge in [-0.2, -0.15) is 0 Å². The van der Waals surface area contributed by atoms with Gasteiger partial charge in [-0.3, -0.25) is 4.79 Å². The van der Waals surface area contributed by atoms with Gasteiger partial charge in [0.25, 0.3) is 0 Å². The molecular formula is C22H21N3O6. The van der Waals surface area contributed by atoms with E-state index in [0.29, 0.717) is 48.4 Å². The molecule has 0 radical (unpaired) electrons. The van der Waals surface area contributed by atoms with Crippen LogP contribution < -0.4 is 11.3 Å². The molecule has 4 aromatic rings. The summed E-state index contributed by atoms with van der Waals surface area (Å²) < 4.78 is 19.8. The molecule has 0 saturated heterocycles. The lowest BCUT2D eigenvalue weighted by Gasteiger charge is -2.06. The third kappa shape index (κ3) is 4.35. The summed E-state index contributed by atoms with van der Waals surface area (Å²) in [5.41, 5.74) is 0.752. The van der Waals surface area contributed by atoms with Gasteiger partial charge in [0.15, 0.2) is 0 Å². The van der Waals surface area contributed by atoms with Crippen molar-refractivity contribution in [1.82, 2.24) is 14.1 Å². The van der Waals surface area contributed by atoms with Crippen molar-refractivity contribution in [3.63, 3.8) is 0 Å². The molecule has 0 aliphatic heterocycles. The Morgan fingerprint density at radius 2 is 1.94 bits per heavy atom. The van der Waals surface area contributed by atoms with Crippen LogP contribution in [0.5, 0.6) is 0 Å². The van der Waals surface area contributed by atoms with E-state index >= 15 is 0 Å². The first-order valence-electron chi connectivity index (χ1n) is 9.94. The summed E-state index contributed by atoms with van der Waals surface area (Å²) in [5, 5.41) is 0.666. The molecule has 4 rings (SSSR count). The monoisotopic (exact) mass is 423 g/mol. The number of ether oxygens (including phenoxy) is 1. The van der Waals surface area contributed by atoms with E-state index < -0.39 is 11.3 Å². The second kappa shape index (κ2) is 8.86. The summed E-state index contributed by atoms with van der Waals surface area (Å²) in [4.78, 5) is 40.3. The van der Waals surface area contributed by atoms with E-state index in [4.69, 9.17) is 13.6 Å². The van der Waals surface area contributed by atoms with Crippen molar-refractivity contribution in [1.29, 1.82) is 0 Å². The molecule has 0 saturated carbocycles. The maximum absolute atomic E-state index is 12.4. The van der Waals surface area contributed by atoms with E-state index in [1.807, 2.05) is 15.2 Å².